The van der Waals surface area contributed by atoms with Crippen LogP contribution in [0.4, 0.5) is 24.7 Å². The average Bonchev–Trinajstić information content (AvgIpc) is 3.26. The first-order valence-corrected chi connectivity index (χ1v) is 12.5. The molecule has 2 aromatic heterocycles. The van der Waals surface area contributed by atoms with Crippen molar-refractivity contribution in [3.05, 3.63) is 70.1 Å². The van der Waals surface area contributed by atoms with Crippen LogP contribution in [0.5, 0.6) is 0 Å². The Labute approximate surface area is 242 Å². The van der Waals surface area contributed by atoms with E-state index in [-0.39, 0.29) is 21.8 Å². The SMILES string of the molecule is CC(=O)OC(C(=O)Nc1ccc(-n2nc(C)c3ncnc(/N=C/N(C)C)c32)c(Cl)c1)c1cc(C#N)cc(C(F)(F)F)c1. The van der Waals surface area contributed by atoms with Crippen LogP contribution in [0.25, 0.3) is 16.7 Å². The third-order valence-corrected chi connectivity index (χ3v) is 6.00. The number of esters is 1. The number of alkyl halides is 3. The first-order valence-electron chi connectivity index (χ1n) is 12.1. The smallest absolute Gasteiger partial charge is 0.416 e. The zero-order chi connectivity index (χ0) is 30.8. The first-order chi connectivity index (χ1) is 19.8. The Morgan fingerprint density at radius 3 is 2.57 bits per heavy atom. The molecule has 216 valence electrons. The number of aryl methyl sites for hydroxylation is 1. The van der Waals surface area contributed by atoms with Gasteiger partial charge < -0.3 is 15.0 Å². The van der Waals surface area contributed by atoms with Crippen LogP contribution in [0, 0.1) is 18.3 Å². The van der Waals surface area contributed by atoms with Crippen LogP contribution in [0.15, 0.2) is 47.7 Å². The van der Waals surface area contributed by atoms with Gasteiger partial charge in [-0.2, -0.15) is 23.5 Å². The van der Waals surface area contributed by atoms with Gasteiger partial charge in [-0.1, -0.05) is 11.6 Å². The summed E-state index contributed by atoms with van der Waals surface area (Å²) in [6.07, 6.45) is -3.66. The lowest BCUT2D eigenvalue weighted by Crippen LogP contribution is -2.25. The van der Waals surface area contributed by atoms with Crippen LogP contribution in [0.2, 0.25) is 5.02 Å². The Kier molecular flexibility index (Phi) is 8.44. The molecule has 0 spiro atoms. The number of hydrogen-bond acceptors (Lipinski definition) is 8. The third-order valence-electron chi connectivity index (χ3n) is 5.70. The molecule has 42 heavy (non-hydrogen) atoms. The van der Waals surface area contributed by atoms with Gasteiger partial charge in [0.15, 0.2) is 5.82 Å². The van der Waals surface area contributed by atoms with E-state index in [2.05, 4.69) is 25.4 Å². The van der Waals surface area contributed by atoms with Gasteiger partial charge in [-0.05, 0) is 43.3 Å². The van der Waals surface area contributed by atoms with Crippen molar-refractivity contribution in [3.63, 3.8) is 0 Å². The van der Waals surface area contributed by atoms with E-state index in [1.165, 1.54) is 23.1 Å². The topological polar surface area (TPSA) is 138 Å². The van der Waals surface area contributed by atoms with Crippen molar-refractivity contribution in [1.82, 2.24) is 24.6 Å². The van der Waals surface area contributed by atoms with Gasteiger partial charge in [-0.3, -0.25) is 9.59 Å². The van der Waals surface area contributed by atoms with E-state index in [9.17, 15) is 28.0 Å². The van der Waals surface area contributed by atoms with Crippen LogP contribution >= 0.6 is 11.6 Å². The van der Waals surface area contributed by atoms with Gasteiger partial charge in [0, 0.05) is 32.3 Å². The molecule has 4 aromatic rings. The molecule has 0 fully saturated rings. The molecule has 0 aliphatic heterocycles. The fourth-order valence-corrected chi connectivity index (χ4v) is 4.21. The number of rotatable bonds is 7. The maximum Gasteiger partial charge on any atom is 0.416 e. The zero-order valence-corrected chi connectivity index (χ0v) is 23.3. The lowest BCUT2D eigenvalue weighted by molar-refractivity contribution is -0.152. The molecule has 1 unspecified atom stereocenters. The number of nitrogens with zero attached hydrogens (tertiary/aromatic N) is 7. The molecule has 0 bridgehead atoms. The number of aromatic nitrogens is 4. The molecule has 2 aromatic carbocycles. The molecule has 0 saturated heterocycles. The van der Waals surface area contributed by atoms with Gasteiger partial charge in [0.1, 0.15) is 17.4 Å². The van der Waals surface area contributed by atoms with Crippen LogP contribution in [-0.4, -0.2) is 57.0 Å². The second-order valence-corrected chi connectivity index (χ2v) is 9.61. The Balaban J connectivity index is 1.70. The maximum atomic E-state index is 13.4. The van der Waals surface area contributed by atoms with Gasteiger partial charge in [0.05, 0.1) is 39.9 Å². The van der Waals surface area contributed by atoms with E-state index in [4.69, 9.17) is 16.3 Å². The van der Waals surface area contributed by atoms with Crippen LogP contribution in [0.1, 0.15) is 35.4 Å². The van der Waals surface area contributed by atoms with E-state index in [1.54, 1.807) is 44.4 Å². The second kappa shape index (κ2) is 11.8. The fraction of sp³-hybridized carbons (Fsp3) is 0.222. The number of hydrogen-bond donors (Lipinski definition) is 1. The van der Waals surface area contributed by atoms with Crippen molar-refractivity contribution in [3.8, 4) is 11.8 Å². The van der Waals surface area contributed by atoms with E-state index in [1.807, 2.05) is 0 Å². The largest absolute Gasteiger partial charge is 0.447 e. The molecular formula is C27H22ClF3N8O3. The summed E-state index contributed by atoms with van der Waals surface area (Å²) in [7, 11) is 3.60. The summed E-state index contributed by atoms with van der Waals surface area (Å²) in [5.41, 5.74) is 0.299. The van der Waals surface area contributed by atoms with Gasteiger partial charge in [0.25, 0.3) is 5.91 Å². The number of nitrogens with one attached hydrogen (secondary N) is 1. The number of fused-ring (bicyclic) bond motifs is 1. The highest BCUT2D eigenvalue weighted by Gasteiger charge is 2.34. The van der Waals surface area contributed by atoms with E-state index in [0.717, 1.165) is 13.0 Å². The van der Waals surface area contributed by atoms with Gasteiger partial charge in [0.2, 0.25) is 6.10 Å². The predicted octanol–water partition coefficient (Wildman–Crippen LogP) is 5.13. The van der Waals surface area contributed by atoms with Gasteiger partial charge in [-0.15, -0.1) is 0 Å². The number of carbonyl (C=O) groups excluding carboxylic acids is 2. The lowest BCUT2D eigenvalue weighted by atomic mass is 10.0. The van der Waals surface area contributed by atoms with E-state index >= 15 is 0 Å². The highest BCUT2D eigenvalue weighted by molar-refractivity contribution is 6.32. The molecule has 4 rings (SSSR count). The first kappa shape index (κ1) is 29.9. The van der Waals surface area contributed by atoms with Crippen molar-refractivity contribution in [2.24, 2.45) is 4.99 Å². The molecule has 1 atom stereocenters. The van der Waals surface area contributed by atoms with Crippen LogP contribution < -0.4 is 5.32 Å². The molecular weight excluding hydrogens is 577 g/mol. The number of halogens is 4. The fourth-order valence-electron chi connectivity index (χ4n) is 3.95. The van der Waals surface area contributed by atoms with Gasteiger partial charge >= 0.3 is 12.1 Å². The summed E-state index contributed by atoms with van der Waals surface area (Å²) in [5.74, 6) is -1.55. The monoisotopic (exact) mass is 598 g/mol. The Bertz CT molecular complexity index is 1760. The minimum absolute atomic E-state index is 0.137. The summed E-state index contributed by atoms with van der Waals surface area (Å²) in [5, 5.41) is 16.4. The van der Waals surface area contributed by atoms with Crippen LogP contribution in [-0.2, 0) is 20.5 Å². The number of nitriles is 1. The Hall–Kier alpha value is -5.03. The van der Waals surface area contributed by atoms with E-state index < -0.39 is 29.7 Å². The highest BCUT2D eigenvalue weighted by atomic mass is 35.5. The molecule has 1 N–H and O–H groups in total. The maximum absolute atomic E-state index is 13.4. The second-order valence-electron chi connectivity index (χ2n) is 9.20. The summed E-state index contributed by atoms with van der Waals surface area (Å²) in [6, 6.07) is 8.36. The quantitative estimate of drug-likeness (QED) is 0.175. The van der Waals surface area contributed by atoms with Crippen molar-refractivity contribution in [2.75, 3.05) is 19.4 Å². The average molecular weight is 599 g/mol. The summed E-state index contributed by atoms with van der Waals surface area (Å²) >= 11 is 6.58. The summed E-state index contributed by atoms with van der Waals surface area (Å²) in [6.45, 7) is 2.76. The minimum atomic E-state index is -4.81. The number of anilines is 1. The molecule has 0 saturated carbocycles. The predicted molar refractivity (Wildman–Crippen MR) is 148 cm³/mol. The standard InChI is InChI=1S/C27H22ClF3N8O3/c1-14-22-23(25(34-12-33-22)35-13-38(3)4)39(37-14)21-6-5-19(10-20(21)28)36-26(41)24(42-15(2)40)17-7-16(11-32)8-18(9-17)27(29,30)31/h5-10,12-13,24H,1-4H3,(H,36,41)/b35-13+. The lowest BCUT2D eigenvalue weighted by Gasteiger charge is -2.19. The molecule has 11 nitrogen and oxygen atoms in total. The van der Waals surface area contributed by atoms with Crippen molar-refractivity contribution < 1.29 is 27.5 Å². The van der Waals surface area contributed by atoms with Crippen molar-refractivity contribution in [1.29, 1.82) is 5.26 Å². The van der Waals surface area contributed by atoms with Crippen LogP contribution in [0.3, 0.4) is 0 Å². The highest BCUT2D eigenvalue weighted by Crippen LogP contribution is 2.34. The zero-order valence-electron chi connectivity index (χ0n) is 22.6. The normalized spacial score (nSPS) is 12.3. The Morgan fingerprint density at radius 1 is 1.21 bits per heavy atom. The molecule has 15 heteroatoms. The minimum Gasteiger partial charge on any atom is -0.447 e. The Morgan fingerprint density at radius 2 is 1.95 bits per heavy atom. The van der Waals surface area contributed by atoms with E-state index in [0.29, 0.717) is 40.4 Å². The molecule has 0 aliphatic rings. The third kappa shape index (κ3) is 6.47. The van der Waals surface area contributed by atoms with Crippen molar-refractivity contribution in [2.45, 2.75) is 26.1 Å². The summed E-state index contributed by atoms with van der Waals surface area (Å²) in [4.78, 5) is 39.6. The molecule has 0 aliphatic carbocycles. The number of aliphatic imine (C=N–C) groups is 1. The number of amides is 1. The molecule has 1 amide bonds. The number of ether oxygens (including phenoxy) is 1. The van der Waals surface area contributed by atoms with Crippen molar-refractivity contribution >= 4 is 52.4 Å². The number of benzene rings is 2. The molecule has 0 radical (unpaired) electrons. The summed E-state index contributed by atoms with van der Waals surface area (Å²) < 4.78 is 46.8. The molecule has 2 heterocycles. The van der Waals surface area contributed by atoms with Gasteiger partial charge in [-0.25, -0.2) is 19.6 Å². The number of carbonyl (C=O) groups is 2.